The number of hydrogen-bond acceptors (Lipinski definition) is 5. The number of nitrogens with zero attached hydrogens (tertiary/aromatic N) is 1. The zero-order valence-electron chi connectivity index (χ0n) is 17.9. The van der Waals surface area contributed by atoms with Crippen molar-refractivity contribution in [1.82, 2.24) is 4.98 Å². The van der Waals surface area contributed by atoms with E-state index in [-0.39, 0.29) is 10.8 Å². The fourth-order valence-electron chi connectivity index (χ4n) is 3.62. The van der Waals surface area contributed by atoms with Crippen molar-refractivity contribution < 1.29 is 13.2 Å². The summed E-state index contributed by atoms with van der Waals surface area (Å²) in [6.07, 6.45) is 2.90. The summed E-state index contributed by atoms with van der Waals surface area (Å²) in [5.74, 6) is -0.310. The van der Waals surface area contributed by atoms with Gasteiger partial charge in [-0.25, -0.2) is 13.4 Å². The number of aryl methyl sites for hydroxylation is 2. The van der Waals surface area contributed by atoms with Crippen LogP contribution < -0.4 is 5.32 Å². The van der Waals surface area contributed by atoms with E-state index in [1.807, 2.05) is 61.7 Å². The fourth-order valence-corrected chi connectivity index (χ4v) is 4.90. The lowest BCUT2D eigenvalue weighted by molar-refractivity contribution is 0.102. The van der Waals surface area contributed by atoms with Gasteiger partial charge in [0, 0.05) is 34.6 Å². The maximum atomic E-state index is 13.3. The summed E-state index contributed by atoms with van der Waals surface area (Å²) < 4.78 is 24.3. The molecule has 0 spiro atoms. The number of nitrogens with one attached hydrogen (secondary N) is 1. The molecule has 0 fully saturated rings. The minimum atomic E-state index is -3.42. The van der Waals surface area contributed by atoms with Gasteiger partial charge in [-0.1, -0.05) is 41.5 Å². The number of thiazole rings is 1. The Bertz CT molecular complexity index is 1390. The van der Waals surface area contributed by atoms with Gasteiger partial charge in [-0.15, -0.1) is 11.3 Å². The summed E-state index contributed by atoms with van der Waals surface area (Å²) in [6, 6.07) is 18.1. The minimum Gasteiger partial charge on any atom is -0.322 e. The Morgan fingerprint density at radius 3 is 2.34 bits per heavy atom. The van der Waals surface area contributed by atoms with Crippen LogP contribution in [0, 0.1) is 13.8 Å². The van der Waals surface area contributed by atoms with Crippen LogP contribution in [0.25, 0.3) is 21.7 Å². The van der Waals surface area contributed by atoms with Crippen LogP contribution in [-0.4, -0.2) is 25.6 Å². The van der Waals surface area contributed by atoms with E-state index in [1.54, 1.807) is 18.3 Å². The van der Waals surface area contributed by atoms with E-state index in [0.29, 0.717) is 16.8 Å². The van der Waals surface area contributed by atoms with Crippen molar-refractivity contribution in [3.05, 3.63) is 88.9 Å². The van der Waals surface area contributed by atoms with Crippen molar-refractivity contribution >= 4 is 32.8 Å². The van der Waals surface area contributed by atoms with Crippen LogP contribution in [-0.2, 0) is 9.84 Å². The van der Waals surface area contributed by atoms with Crippen LogP contribution in [0.4, 0.5) is 5.69 Å². The maximum Gasteiger partial charge on any atom is 0.256 e. The quantitative estimate of drug-likeness (QED) is 0.410. The maximum absolute atomic E-state index is 13.3. The lowest BCUT2D eigenvalue weighted by atomic mass is 9.96. The number of sulfone groups is 1. The summed E-state index contributed by atoms with van der Waals surface area (Å²) in [7, 11) is -3.42. The summed E-state index contributed by atoms with van der Waals surface area (Å²) in [6.45, 7) is 3.95. The Morgan fingerprint density at radius 2 is 1.69 bits per heavy atom. The van der Waals surface area contributed by atoms with Gasteiger partial charge in [-0.3, -0.25) is 4.79 Å². The Morgan fingerprint density at radius 1 is 0.938 bits per heavy atom. The lowest BCUT2D eigenvalue weighted by Crippen LogP contribution is -2.14. The van der Waals surface area contributed by atoms with Crippen molar-refractivity contribution in [3.63, 3.8) is 0 Å². The molecule has 4 rings (SSSR count). The predicted octanol–water partition coefficient (Wildman–Crippen LogP) is 5.75. The molecular weight excluding hydrogens is 440 g/mol. The van der Waals surface area contributed by atoms with Crippen LogP contribution in [0.1, 0.15) is 21.5 Å². The van der Waals surface area contributed by atoms with Gasteiger partial charge < -0.3 is 5.32 Å². The molecule has 32 heavy (non-hydrogen) atoms. The molecular formula is C25H22N2O3S2. The Hall–Kier alpha value is -3.29. The number of hydrogen-bond donors (Lipinski definition) is 1. The van der Waals surface area contributed by atoms with Gasteiger partial charge in [0.25, 0.3) is 5.91 Å². The van der Waals surface area contributed by atoms with Crippen LogP contribution in [0.5, 0.6) is 0 Å². The molecule has 3 aromatic carbocycles. The second-order valence-corrected chi connectivity index (χ2v) is 10.6. The van der Waals surface area contributed by atoms with Gasteiger partial charge in [-0.2, -0.15) is 0 Å². The van der Waals surface area contributed by atoms with Crippen molar-refractivity contribution in [2.75, 3.05) is 11.6 Å². The lowest BCUT2D eigenvalue weighted by Gasteiger charge is -2.14. The van der Waals surface area contributed by atoms with E-state index in [1.165, 1.54) is 17.4 Å². The molecule has 5 nitrogen and oxygen atoms in total. The number of aromatic nitrogens is 1. The van der Waals surface area contributed by atoms with Crippen LogP contribution in [0.2, 0.25) is 0 Å². The van der Waals surface area contributed by atoms with E-state index in [2.05, 4.69) is 10.3 Å². The van der Waals surface area contributed by atoms with Gasteiger partial charge in [0.1, 0.15) is 5.01 Å². The molecule has 0 saturated carbocycles. The van der Waals surface area contributed by atoms with Crippen molar-refractivity contribution in [3.8, 4) is 21.7 Å². The number of carbonyl (C=O) groups is 1. The first kappa shape index (κ1) is 21.9. The molecule has 7 heteroatoms. The van der Waals surface area contributed by atoms with Gasteiger partial charge in [-0.05, 0) is 55.3 Å². The molecule has 1 amide bonds. The fraction of sp³-hybridized carbons (Fsp3) is 0.120. The number of carbonyl (C=O) groups excluding carboxylic acids is 1. The zero-order chi connectivity index (χ0) is 22.9. The predicted molar refractivity (Wildman–Crippen MR) is 130 cm³/mol. The first-order valence-electron chi connectivity index (χ1n) is 9.95. The third kappa shape index (κ3) is 4.79. The summed E-state index contributed by atoms with van der Waals surface area (Å²) in [4.78, 5) is 17.8. The number of rotatable bonds is 5. The number of amides is 1. The molecule has 0 aliphatic heterocycles. The highest BCUT2D eigenvalue weighted by molar-refractivity contribution is 7.90. The van der Waals surface area contributed by atoms with E-state index >= 15 is 0 Å². The summed E-state index contributed by atoms with van der Waals surface area (Å²) in [5.41, 5.74) is 5.41. The van der Waals surface area contributed by atoms with Gasteiger partial charge in [0.15, 0.2) is 9.84 Å². The van der Waals surface area contributed by atoms with Crippen LogP contribution in [0.3, 0.4) is 0 Å². The summed E-state index contributed by atoms with van der Waals surface area (Å²) >= 11 is 1.53. The van der Waals surface area contributed by atoms with Gasteiger partial charge in [0.05, 0.1) is 4.90 Å². The normalized spacial score (nSPS) is 11.3. The Labute approximate surface area is 191 Å². The third-order valence-corrected chi connectivity index (χ3v) is 6.93. The minimum absolute atomic E-state index is 0.175. The zero-order valence-corrected chi connectivity index (χ0v) is 19.5. The van der Waals surface area contributed by atoms with Crippen LogP contribution in [0.15, 0.2) is 77.1 Å². The van der Waals surface area contributed by atoms with E-state index in [9.17, 15) is 13.2 Å². The molecule has 0 radical (unpaired) electrons. The van der Waals surface area contributed by atoms with Crippen molar-refractivity contribution in [2.45, 2.75) is 18.7 Å². The van der Waals surface area contributed by atoms with Crippen molar-refractivity contribution in [1.29, 1.82) is 0 Å². The van der Waals surface area contributed by atoms with Crippen LogP contribution >= 0.6 is 11.3 Å². The number of anilines is 1. The second-order valence-electron chi connectivity index (χ2n) is 7.73. The summed E-state index contributed by atoms with van der Waals surface area (Å²) in [5, 5.41) is 5.72. The molecule has 0 unspecified atom stereocenters. The molecule has 162 valence electrons. The molecule has 0 aliphatic carbocycles. The average molecular weight is 463 g/mol. The van der Waals surface area contributed by atoms with Gasteiger partial charge >= 0.3 is 0 Å². The Balaban J connectivity index is 1.76. The van der Waals surface area contributed by atoms with Gasteiger partial charge in [0.2, 0.25) is 0 Å². The average Bonchev–Trinajstić information content (AvgIpc) is 3.27. The molecule has 0 aliphatic rings. The monoisotopic (exact) mass is 462 g/mol. The molecule has 1 heterocycles. The molecule has 0 bridgehead atoms. The highest BCUT2D eigenvalue weighted by Gasteiger charge is 2.18. The molecule has 0 atom stereocenters. The molecule has 0 saturated heterocycles. The van der Waals surface area contributed by atoms with E-state index in [4.69, 9.17) is 0 Å². The second kappa shape index (κ2) is 8.68. The first-order valence-corrected chi connectivity index (χ1v) is 12.7. The Kier molecular flexibility index (Phi) is 5.95. The molecule has 1 aromatic heterocycles. The largest absolute Gasteiger partial charge is 0.322 e. The highest BCUT2D eigenvalue weighted by Crippen LogP contribution is 2.30. The van der Waals surface area contributed by atoms with E-state index < -0.39 is 9.84 Å². The number of benzene rings is 3. The topological polar surface area (TPSA) is 76.1 Å². The SMILES string of the molecule is Cc1cc(C)cc(-c2cc(S(C)(=O)=O)ccc2C(=O)Nc2cccc(-c3nccs3)c2)c1. The standard InChI is InChI=1S/C25H22N2O3S2/c1-16-11-17(2)13-19(12-16)23-15-21(32(3,29)30)7-8-22(23)24(28)27-20-6-4-5-18(14-20)25-26-9-10-31-25/h4-15H,1-3H3,(H,27,28). The first-order chi connectivity index (χ1) is 15.2. The molecule has 1 N–H and O–H groups in total. The van der Waals surface area contributed by atoms with E-state index in [0.717, 1.165) is 33.5 Å². The van der Waals surface area contributed by atoms with Crippen molar-refractivity contribution in [2.24, 2.45) is 0 Å². The highest BCUT2D eigenvalue weighted by atomic mass is 32.2. The smallest absolute Gasteiger partial charge is 0.256 e. The third-order valence-electron chi connectivity index (χ3n) is 5.00. The molecule has 4 aromatic rings.